The Morgan fingerprint density at radius 1 is 1.23 bits per heavy atom. The second kappa shape index (κ2) is 9.87. The van der Waals surface area contributed by atoms with Crippen molar-refractivity contribution in [3.05, 3.63) is 97.8 Å². The minimum atomic E-state index is -0.511. The van der Waals surface area contributed by atoms with Gasteiger partial charge in [0.2, 0.25) is 0 Å². The number of halogens is 2. The van der Waals surface area contributed by atoms with E-state index in [1.807, 2.05) is 0 Å². The first-order valence-electron chi connectivity index (χ1n) is 9.02. The molecular weight excluding hydrogens is 467 g/mol. The third kappa shape index (κ3) is 5.47. The lowest BCUT2D eigenvalue weighted by molar-refractivity contribution is -0.384. The van der Waals surface area contributed by atoms with Crippen LogP contribution in [-0.4, -0.2) is 12.0 Å². The van der Waals surface area contributed by atoms with E-state index in [-0.39, 0.29) is 23.7 Å². The largest absolute Gasteiger partial charge is 0.493 e. The molecule has 0 spiro atoms. The fourth-order valence-electron chi connectivity index (χ4n) is 2.88. The summed E-state index contributed by atoms with van der Waals surface area (Å²) in [6.45, 7) is 0.138. The van der Waals surface area contributed by atoms with Crippen molar-refractivity contribution < 1.29 is 18.8 Å². The Morgan fingerprint density at radius 3 is 2.68 bits per heavy atom. The summed E-state index contributed by atoms with van der Waals surface area (Å²) in [5, 5.41) is 20.6. The molecule has 0 aliphatic rings. The number of nitro groups is 1. The predicted octanol–water partition coefficient (Wildman–Crippen LogP) is 6.15. The van der Waals surface area contributed by atoms with Gasteiger partial charge in [0.15, 0.2) is 11.5 Å². The highest BCUT2D eigenvalue weighted by Crippen LogP contribution is 2.38. The first kappa shape index (κ1) is 22.0. The number of rotatable bonds is 7. The number of non-ortho nitro benzene ring substituents is 1. The highest BCUT2D eigenvalue weighted by molar-refractivity contribution is 9.10. The molecule has 0 heterocycles. The van der Waals surface area contributed by atoms with Gasteiger partial charge in [0.25, 0.3) is 5.69 Å². The summed E-state index contributed by atoms with van der Waals surface area (Å²) < 4.78 is 25.2. The molecule has 0 atom stereocenters. The molecule has 0 bridgehead atoms. The van der Waals surface area contributed by atoms with E-state index in [2.05, 4.69) is 22.0 Å². The van der Waals surface area contributed by atoms with Crippen LogP contribution in [0.15, 0.2) is 65.1 Å². The number of hydrogen-bond donors (Lipinski definition) is 0. The van der Waals surface area contributed by atoms with Crippen LogP contribution in [0.25, 0.3) is 11.6 Å². The zero-order valence-electron chi connectivity index (χ0n) is 16.3. The molecule has 0 aromatic heterocycles. The Balaban J connectivity index is 1.91. The highest BCUT2D eigenvalue weighted by atomic mass is 79.9. The number of methoxy groups -OCH3 is 1. The highest BCUT2D eigenvalue weighted by Gasteiger charge is 2.14. The molecule has 0 amide bonds. The molecule has 0 unspecified atom stereocenters. The van der Waals surface area contributed by atoms with Crippen molar-refractivity contribution in [2.75, 3.05) is 7.11 Å². The van der Waals surface area contributed by atoms with Gasteiger partial charge in [0, 0.05) is 12.1 Å². The Labute approximate surface area is 186 Å². The molecule has 0 radical (unpaired) electrons. The first-order chi connectivity index (χ1) is 14.9. The standard InChI is InChI=1S/C23H16BrFN2O4/c1-30-22-11-16(8-18(13-26)17-5-3-7-20(12-17)27(28)29)10-21(24)23(22)31-14-15-4-2-6-19(25)9-15/h2-12H,14H2,1H3/b18-8-. The van der Waals surface area contributed by atoms with Crippen molar-refractivity contribution in [1.82, 2.24) is 0 Å². The van der Waals surface area contributed by atoms with E-state index >= 15 is 0 Å². The molecule has 3 aromatic carbocycles. The number of nitro benzene ring substituents is 1. The Morgan fingerprint density at radius 2 is 2.00 bits per heavy atom. The molecule has 156 valence electrons. The summed E-state index contributed by atoms with van der Waals surface area (Å²) in [6, 6.07) is 17.4. The molecule has 31 heavy (non-hydrogen) atoms. The average molecular weight is 483 g/mol. The van der Waals surface area contributed by atoms with Crippen molar-refractivity contribution in [1.29, 1.82) is 5.26 Å². The lowest BCUT2D eigenvalue weighted by Gasteiger charge is -2.14. The van der Waals surface area contributed by atoms with E-state index < -0.39 is 4.92 Å². The summed E-state index contributed by atoms with van der Waals surface area (Å²) in [7, 11) is 1.48. The van der Waals surface area contributed by atoms with Gasteiger partial charge in [-0.2, -0.15) is 5.26 Å². The molecule has 0 aliphatic carbocycles. The lowest BCUT2D eigenvalue weighted by atomic mass is 10.0. The Bertz CT molecular complexity index is 1200. The van der Waals surface area contributed by atoms with Crippen LogP contribution >= 0.6 is 15.9 Å². The number of ether oxygens (including phenoxy) is 2. The first-order valence-corrected chi connectivity index (χ1v) is 9.82. The summed E-state index contributed by atoms with van der Waals surface area (Å²) in [6.07, 6.45) is 1.60. The number of hydrogen-bond acceptors (Lipinski definition) is 5. The Hall–Kier alpha value is -3.70. The molecular formula is C23H16BrFN2O4. The van der Waals surface area contributed by atoms with Crippen LogP contribution in [0.3, 0.4) is 0 Å². The van der Waals surface area contributed by atoms with Gasteiger partial charge in [-0.25, -0.2) is 4.39 Å². The van der Waals surface area contributed by atoms with Crippen LogP contribution in [0, 0.1) is 27.3 Å². The summed E-state index contributed by atoms with van der Waals surface area (Å²) >= 11 is 3.45. The van der Waals surface area contributed by atoms with Gasteiger partial charge in [0.05, 0.1) is 28.1 Å². The van der Waals surface area contributed by atoms with Crippen molar-refractivity contribution in [2.24, 2.45) is 0 Å². The molecule has 0 saturated heterocycles. The zero-order chi connectivity index (χ0) is 22.4. The minimum Gasteiger partial charge on any atom is -0.493 e. The topological polar surface area (TPSA) is 85.4 Å². The van der Waals surface area contributed by atoms with Gasteiger partial charge >= 0.3 is 0 Å². The summed E-state index contributed by atoms with van der Waals surface area (Å²) in [5.41, 5.74) is 1.88. The van der Waals surface area contributed by atoms with E-state index in [0.717, 1.165) is 0 Å². The van der Waals surface area contributed by atoms with Gasteiger partial charge in [0.1, 0.15) is 12.4 Å². The van der Waals surface area contributed by atoms with Gasteiger partial charge in [-0.1, -0.05) is 24.3 Å². The van der Waals surface area contributed by atoms with Gasteiger partial charge in [-0.05, 0) is 63.0 Å². The molecule has 0 fully saturated rings. The average Bonchev–Trinajstić information content (AvgIpc) is 2.76. The second-order valence-electron chi connectivity index (χ2n) is 6.43. The fraction of sp³-hybridized carbons (Fsp3) is 0.0870. The van der Waals surface area contributed by atoms with Crippen molar-refractivity contribution in [2.45, 2.75) is 6.61 Å². The van der Waals surface area contributed by atoms with Gasteiger partial charge in [-0.15, -0.1) is 0 Å². The molecule has 6 nitrogen and oxygen atoms in total. The molecule has 3 rings (SSSR count). The van der Waals surface area contributed by atoms with E-state index in [9.17, 15) is 19.8 Å². The lowest BCUT2D eigenvalue weighted by Crippen LogP contribution is -1.99. The fourth-order valence-corrected chi connectivity index (χ4v) is 3.45. The van der Waals surface area contributed by atoms with E-state index in [1.54, 1.807) is 36.4 Å². The molecule has 3 aromatic rings. The molecule has 0 N–H and O–H groups in total. The molecule has 0 saturated carbocycles. The number of allylic oxidation sites excluding steroid dienone is 1. The number of benzene rings is 3. The van der Waals surface area contributed by atoms with E-state index in [4.69, 9.17) is 9.47 Å². The van der Waals surface area contributed by atoms with Crippen LogP contribution in [0.1, 0.15) is 16.7 Å². The predicted molar refractivity (Wildman–Crippen MR) is 118 cm³/mol. The van der Waals surface area contributed by atoms with Gasteiger partial charge in [-0.3, -0.25) is 10.1 Å². The van der Waals surface area contributed by atoms with Crippen molar-refractivity contribution in [3.63, 3.8) is 0 Å². The number of nitrogens with zero attached hydrogens (tertiary/aromatic N) is 2. The van der Waals surface area contributed by atoms with Crippen LogP contribution < -0.4 is 9.47 Å². The summed E-state index contributed by atoms with van der Waals surface area (Å²) in [4.78, 5) is 10.5. The SMILES string of the molecule is COc1cc(/C=C(/C#N)c2cccc([N+](=O)[O-])c2)cc(Br)c1OCc1cccc(F)c1. The molecule has 0 aliphatic heterocycles. The zero-order valence-corrected chi connectivity index (χ0v) is 17.9. The maximum Gasteiger partial charge on any atom is 0.270 e. The third-order valence-corrected chi connectivity index (χ3v) is 4.91. The van der Waals surface area contributed by atoms with E-state index in [0.29, 0.717) is 32.7 Å². The summed E-state index contributed by atoms with van der Waals surface area (Å²) in [5.74, 6) is 0.490. The van der Waals surface area contributed by atoms with Crippen LogP contribution in [0.5, 0.6) is 11.5 Å². The number of nitriles is 1. The van der Waals surface area contributed by atoms with Crippen LogP contribution in [0.4, 0.5) is 10.1 Å². The van der Waals surface area contributed by atoms with Crippen LogP contribution in [-0.2, 0) is 6.61 Å². The van der Waals surface area contributed by atoms with Gasteiger partial charge < -0.3 is 9.47 Å². The second-order valence-corrected chi connectivity index (χ2v) is 7.28. The smallest absolute Gasteiger partial charge is 0.270 e. The monoisotopic (exact) mass is 482 g/mol. The maximum absolute atomic E-state index is 13.4. The minimum absolute atomic E-state index is 0.0986. The Kier molecular flexibility index (Phi) is 7.00. The third-order valence-electron chi connectivity index (χ3n) is 4.32. The van der Waals surface area contributed by atoms with Crippen molar-refractivity contribution in [3.8, 4) is 17.6 Å². The van der Waals surface area contributed by atoms with Crippen LogP contribution in [0.2, 0.25) is 0 Å². The van der Waals surface area contributed by atoms with Crippen molar-refractivity contribution >= 4 is 33.3 Å². The normalized spacial score (nSPS) is 11.0. The quantitative estimate of drug-likeness (QED) is 0.174. The van der Waals surface area contributed by atoms with E-state index in [1.165, 1.54) is 37.4 Å². The maximum atomic E-state index is 13.4. The molecule has 8 heteroatoms.